The Morgan fingerprint density at radius 3 is 2.71 bits per heavy atom. The first-order chi connectivity index (χ1) is 13.5. The van der Waals surface area contributed by atoms with Crippen LogP contribution < -0.4 is 10.2 Å². The molecule has 1 aromatic heterocycles. The maximum Gasteiger partial charge on any atom is 0.306 e. The second-order valence-corrected chi connectivity index (χ2v) is 7.04. The van der Waals surface area contributed by atoms with Gasteiger partial charge < -0.3 is 15.1 Å². The van der Waals surface area contributed by atoms with Gasteiger partial charge in [-0.2, -0.15) is 5.10 Å². The number of nitrogens with one attached hydrogen (secondary N) is 1. The van der Waals surface area contributed by atoms with E-state index in [-0.39, 0.29) is 24.6 Å². The summed E-state index contributed by atoms with van der Waals surface area (Å²) in [5, 5.41) is 18.1. The molecule has 2 aromatic rings. The van der Waals surface area contributed by atoms with Crippen molar-refractivity contribution in [2.24, 2.45) is 0 Å². The molecule has 0 saturated carbocycles. The average molecular weight is 407 g/mol. The van der Waals surface area contributed by atoms with Crippen LogP contribution in [0.2, 0.25) is 5.02 Å². The lowest BCUT2D eigenvalue weighted by molar-refractivity contribution is -0.385. The molecule has 0 atom stereocenters. The van der Waals surface area contributed by atoms with E-state index in [1.165, 1.54) is 17.1 Å². The summed E-state index contributed by atoms with van der Waals surface area (Å²) in [6.45, 7) is 7.16. The monoisotopic (exact) mass is 406 g/mol. The van der Waals surface area contributed by atoms with Crippen molar-refractivity contribution in [3.8, 4) is 0 Å². The van der Waals surface area contributed by atoms with Gasteiger partial charge in [-0.25, -0.2) is 0 Å². The van der Waals surface area contributed by atoms with Gasteiger partial charge in [-0.3, -0.25) is 19.6 Å². The first-order valence-corrected chi connectivity index (χ1v) is 9.57. The number of carbonyl (C=O) groups excluding carboxylic acids is 1. The van der Waals surface area contributed by atoms with Gasteiger partial charge in [0.1, 0.15) is 12.4 Å². The Hall–Kier alpha value is -2.65. The molecule has 10 heteroatoms. The van der Waals surface area contributed by atoms with E-state index < -0.39 is 4.92 Å². The predicted octanol–water partition coefficient (Wildman–Crippen LogP) is 2.62. The number of carbonyl (C=O) groups is 1. The SMILES string of the molecule is CCN1CCN(c2ccc(Cl)cc2NC(=O)CCn2cc([N+](=O)[O-])cn2)CC1. The molecule has 1 amide bonds. The van der Waals surface area contributed by atoms with Gasteiger partial charge >= 0.3 is 5.69 Å². The molecule has 3 rings (SSSR count). The molecule has 0 radical (unpaired) electrons. The number of nitrogens with zero attached hydrogens (tertiary/aromatic N) is 5. The molecule has 150 valence electrons. The van der Waals surface area contributed by atoms with Gasteiger partial charge in [-0.15, -0.1) is 0 Å². The van der Waals surface area contributed by atoms with Crippen LogP contribution in [0.4, 0.5) is 17.1 Å². The number of rotatable bonds is 7. The van der Waals surface area contributed by atoms with Crippen LogP contribution in [-0.2, 0) is 11.3 Å². The van der Waals surface area contributed by atoms with E-state index in [9.17, 15) is 14.9 Å². The summed E-state index contributed by atoms with van der Waals surface area (Å²) >= 11 is 6.13. The van der Waals surface area contributed by atoms with Crippen LogP contribution >= 0.6 is 11.6 Å². The van der Waals surface area contributed by atoms with Crippen molar-refractivity contribution in [2.45, 2.75) is 19.9 Å². The van der Waals surface area contributed by atoms with Crippen LogP contribution in [0.15, 0.2) is 30.6 Å². The number of hydrogen-bond acceptors (Lipinski definition) is 6. The zero-order chi connectivity index (χ0) is 20.1. The number of nitro groups is 1. The van der Waals surface area contributed by atoms with E-state index in [1.807, 2.05) is 12.1 Å². The number of piperazine rings is 1. The Morgan fingerprint density at radius 2 is 2.07 bits per heavy atom. The number of aryl methyl sites for hydroxylation is 1. The molecule has 0 aliphatic carbocycles. The fraction of sp³-hybridized carbons (Fsp3) is 0.444. The van der Waals surface area contributed by atoms with E-state index in [0.29, 0.717) is 10.7 Å². The molecule has 1 aromatic carbocycles. The third-order valence-corrected chi connectivity index (χ3v) is 5.03. The molecular weight excluding hydrogens is 384 g/mol. The summed E-state index contributed by atoms with van der Waals surface area (Å²) in [4.78, 5) is 27.2. The minimum Gasteiger partial charge on any atom is -0.367 e. The van der Waals surface area contributed by atoms with Crippen molar-refractivity contribution in [1.82, 2.24) is 14.7 Å². The molecule has 1 aliphatic heterocycles. The largest absolute Gasteiger partial charge is 0.367 e. The third kappa shape index (κ3) is 4.99. The van der Waals surface area contributed by atoms with Crippen LogP contribution in [0.3, 0.4) is 0 Å². The van der Waals surface area contributed by atoms with Gasteiger partial charge in [0.05, 0.1) is 16.3 Å². The molecular formula is C18H23ClN6O3. The normalized spacial score (nSPS) is 14.9. The van der Waals surface area contributed by atoms with Gasteiger partial charge in [-0.1, -0.05) is 18.5 Å². The average Bonchev–Trinajstić information content (AvgIpc) is 3.16. The molecule has 2 heterocycles. The number of amides is 1. The molecule has 0 unspecified atom stereocenters. The van der Waals surface area contributed by atoms with E-state index in [0.717, 1.165) is 38.4 Å². The summed E-state index contributed by atoms with van der Waals surface area (Å²) in [5.74, 6) is -0.200. The second-order valence-electron chi connectivity index (χ2n) is 6.60. The third-order valence-electron chi connectivity index (χ3n) is 4.79. The number of benzene rings is 1. The van der Waals surface area contributed by atoms with Crippen LogP contribution in [-0.4, -0.2) is 58.2 Å². The van der Waals surface area contributed by atoms with Crippen LogP contribution in [0, 0.1) is 10.1 Å². The first-order valence-electron chi connectivity index (χ1n) is 9.20. The highest BCUT2D eigenvalue weighted by molar-refractivity contribution is 6.31. The summed E-state index contributed by atoms with van der Waals surface area (Å²) in [7, 11) is 0. The van der Waals surface area contributed by atoms with Crippen LogP contribution in [0.5, 0.6) is 0 Å². The molecule has 0 spiro atoms. The lowest BCUT2D eigenvalue weighted by Gasteiger charge is -2.36. The summed E-state index contributed by atoms with van der Waals surface area (Å²) < 4.78 is 1.39. The second kappa shape index (κ2) is 9.03. The molecule has 1 saturated heterocycles. The molecule has 0 bridgehead atoms. The molecule has 9 nitrogen and oxygen atoms in total. The summed E-state index contributed by atoms with van der Waals surface area (Å²) in [6.07, 6.45) is 2.63. The minimum absolute atomic E-state index is 0.0937. The van der Waals surface area contributed by atoms with Crippen LogP contribution in [0.1, 0.15) is 13.3 Å². The van der Waals surface area contributed by atoms with E-state index >= 15 is 0 Å². The number of hydrogen-bond donors (Lipinski definition) is 1. The van der Waals surface area contributed by atoms with Gasteiger partial charge in [-0.05, 0) is 24.7 Å². The van der Waals surface area contributed by atoms with Gasteiger partial charge in [0, 0.05) is 44.2 Å². The van der Waals surface area contributed by atoms with Crippen molar-refractivity contribution in [3.05, 3.63) is 45.7 Å². The smallest absolute Gasteiger partial charge is 0.306 e. The molecule has 1 fully saturated rings. The van der Waals surface area contributed by atoms with E-state index in [4.69, 9.17) is 11.6 Å². The topological polar surface area (TPSA) is 96.5 Å². The Labute approximate surface area is 168 Å². The fourth-order valence-electron chi connectivity index (χ4n) is 3.19. The van der Waals surface area contributed by atoms with Gasteiger partial charge in [0.25, 0.3) is 0 Å². The lowest BCUT2D eigenvalue weighted by atomic mass is 10.2. The molecule has 1 aliphatic rings. The maximum atomic E-state index is 12.4. The summed E-state index contributed by atoms with van der Waals surface area (Å²) in [5.41, 5.74) is 1.53. The quantitative estimate of drug-likeness (QED) is 0.560. The van der Waals surface area contributed by atoms with Gasteiger partial charge in [0.15, 0.2) is 0 Å². The van der Waals surface area contributed by atoms with Crippen molar-refractivity contribution in [1.29, 1.82) is 0 Å². The van der Waals surface area contributed by atoms with E-state index in [2.05, 4.69) is 27.1 Å². The first kappa shape index (κ1) is 20.1. The highest BCUT2D eigenvalue weighted by Crippen LogP contribution is 2.30. The number of halogens is 1. The van der Waals surface area contributed by atoms with Crippen molar-refractivity contribution in [3.63, 3.8) is 0 Å². The highest BCUT2D eigenvalue weighted by Gasteiger charge is 2.19. The zero-order valence-electron chi connectivity index (χ0n) is 15.7. The van der Waals surface area contributed by atoms with Crippen molar-refractivity contribution in [2.75, 3.05) is 42.9 Å². The van der Waals surface area contributed by atoms with Crippen LogP contribution in [0.25, 0.3) is 0 Å². The van der Waals surface area contributed by atoms with E-state index in [1.54, 1.807) is 6.07 Å². The number of anilines is 2. The standard InChI is InChI=1S/C18H23ClN6O3/c1-2-22-7-9-23(10-8-22)17-4-3-14(19)11-16(17)21-18(26)5-6-24-13-15(12-20-24)25(27)28/h3-4,11-13H,2,5-10H2,1H3,(H,21,26). The number of likely N-dealkylation sites (N-methyl/N-ethyl adjacent to an activating group) is 1. The molecule has 28 heavy (non-hydrogen) atoms. The Morgan fingerprint density at radius 1 is 1.32 bits per heavy atom. The minimum atomic E-state index is -0.514. The fourth-order valence-corrected chi connectivity index (χ4v) is 3.36. The highest BCUT2D eigenvalue weighted by atomic mass is 35.5. The predicted molar refractivity (Wildman–Crippen MR) is 108 cm³/mol. The summed E-state index contributed by atoms with van der Waals surface area (Å²) in [6, 6.07) is 5.50. The number of aromatic nitrogens is 2. The zero-order valence-corrected chi connectivity index (χ0v) is 16.4. The van der Waals surface area contributed by atoms with Crippen molar-refractivity contribution < 1.29 is 9.72 Å². The van der Waals surface area contributed by atoms with Gasteiger partial charge in [0.2, 0.25) is 5.91 Å². The maximum absolute atomic E-state index is 12.4. The Balaban J connectivity index is 1.63. The van der Waals surface area contributed by atoms with Crippen molar-refractivity contribution >= 4 is 34.6 Å². The Kier molecular flexibility index (Phi) is 6.48. The molecule has 1 N–H and O–H groups in total. The Bertz CT molecular complexity index is 848. The lowest BCUT2D eigenvalue weighted by Crippen LogP contribution is -2.46.